The van der Waals surface area contributed by atoms with Crippen LogP contribution in [0.1, 0.15) is 19.2 Å². The van der Waals surface area contributed by atoms with E-state index >= 15 is 0 Å². The number of pyridine rings is 1. The predicted octanol–water partition coefficient (Wildman–Crippen LogP) is 3.58. The van der Waals surface area contributed by atoms with Crippen molar-refractivity contribution in [1.29, 1.82) is 0 Å². The van der Waals surface area contributed by atoms with E-state index in [2.05, 4.69) is 52.0 Å². The number of nitrogens with zero attached hydrogens (tertiary/aromatic N) is 6. The molecule has 10 heteroatoms. The van der Waals surface area contributed by atoms with Gasteiger partial charge in [0.1, 0.15) is 11.5 Å². The van der Waals surface area contributed by atoms with Crippen molar-refractivity contribution in [3.05, 3.63) is 54.7 Å². The van der Waals surface area contributed by atoms with E-state index in [1.165, 1.54) is 4.31 Å². The van der Waals surface area contributed by atoms with Crippen LogP contribution in [0.5, 0.6) is 0 Å². The Morgan fingerprint density at radius 1 is 1.12 bits per heavy atom. The van der Waals surface area contributed by atoms with Crippen molar-refractivity contribution in [3.63, 3.8) is 0 Å². The molecule has 3 aromatic rings. The van der Waals surface area contributed by atoms with Crippen LogP contribution in [-0.4, -0.2) is 50.3 Å². The van der Waals surface area contributed by atoms with Crippen LogP contribution in [0.2, 0.25) is 0 Å². The third kappa shape index (κ3) is 4.37. The summed E-state index contributed by atoms with van der Waals surface area (Å²) in [4.78, 5) is 26.9. The molecule has 3 unspecified atom stereocenters. The average molecular weight is 499 g/mol. The van der Waals surface area contributed by atoms with Crippen molar-refractivity contribution in [3.8, 4) is 11.1 Å². The van der Waals surface area contributed by atoms with Gasteiger partial charge in [-0.05, 0) is 23.4 Å². The molecule has 2 amide bonds. The number of carbonyl (C=O) groups is 1. The van der Waals surface area contributed by atoms with Crippen LogP contribution in [0.3, 0.4) is 0 Å². The second kappa shape index (κ2) is 8.90. The van der Waals surface area contributed by atoms with E-state index in [1.807, 2.05) is 30.6 Å². The molecule has 0 N–H and O–H groups in total. The highest BCUT2D eigenvalue weighted by atomic mass is 32.1. The van der Waals surface area contributed by atoms with E-state index in [1.54, 1.807) is 11.1 Å². The number of hydrogen-bond donors (Lipinski definition) is 1. The zero-order valence-electron chi connectivity index (χ0n) is 18.6. The van der Waals surface area contributed by atoms with Gasteiger partial charge in [0, 0.05) is 55.5 Å². The third-order valence-electron chi connectivity index (χ3n) is 6.37. The van der Waals surface area contributed by atoms with E-state index in [4.69, 9.17) is 17.8 Å². The summed E-state index contributed by atoms with van der Waals surface area (Å²) in [5.41, 5.74) is 2.69. The molecule has 33 heavy (non-hydrogen) atoms. The van der Waals surface area contributed by atoms with Crippen molar-refractivity contribution in [2.24, 2.45) is 0 Å². The summed E-state index contributed by atoms with van der Waals surface area (Å²) >= 11 is 4.78. The fourth-order valence-electron chi connectivity index (χ4n) is 4.57. The predicted molar refractivity (Wildman–Crippen MR) is 143 cm³/mol. The summed E-state index contributed by atoms with van der Waals surface area (Å²) in [5, 5.41) is 1.17. The summed E-state index contributed by atoms with van der Waals surface area (Å²) in [6.07, 6.45) is 6.60. The number of hydrogen-bond acceptors (Lipinski definition) is 5. The third-order valence-corrected chi connectivity index (χ3v) is 7.71. The van der Waals surface area contributed by atoms with Gasteiger partial charge in [-0.2, -0.15) is 0 Å². The number of thiol groups is 1. The Morgan fingerprint density at radius 2 is 1.94 bits per heavy atom. The minimum atomic E-state index is -0.169. The number of benzene rings is 1. The fourth-order valence-corrected chi connectivity index (χ4v) is 5.61. The summed E-state index contributed by atoms with van der Waals surface area (Å²) in [6, 6.07) is 9.94. The van der Waals surface area contributed by atoms with Crippen LogP contribution in [-0.2, 0) is 13.1 Å². The van der Waals surface area contributed by atoms with E-state index < -0.39 is 0 Å². The smallest absolute Gasteiger partial charge is 0.335 e. The molecule has 2 aliphatic rings. The molecular weight excluding hydrogens is 470 g/mol. The van der Waals surface area contributed by atoms with Gasteiger partial charge in [0.15, 0.2) is 5.82 Å². The van der Waals surface area contributed by atoms with E-state index in [0.717, 1.165) is 59.8 Å². The first kappa shape index (κ1) is 22.6. The fraction of sp³-hybridized carbons (Fsp3) is 0.348. The van der Waals surface area contributed by atoms with Gasteiger partial charge in [0.2, 0.25) is 0 Å². The normalized spacial score (nSPS) is 20.1. The van der Waals surface area contributed by atoms with Gasteiger partial charge in [-0.25, -0.2) is 19.1 Å². The standard InChI is InChI=1S/C23H28N6OP2S/c1-23(32)7-10-28(15-23)21-20(17(6-8-25-21)16-4-2-3-5-18(16)31)29(33)22(30)27-13-12-26-11-9-24-19(26)14-27/h2-6,8-9,11,33H,7,10,12-15,31-32H2,1H3. The van der Waals surface area contributed by atoms with Crippen LogP contribution < -0.4 is 14.5 Å². The summed E-state index contributed by atoms with van der Waals surface area (Å²) in [6.45, 7) is 5.75. The molecule has 0 spiro atoms. The average Bonchev–Trinajstić information content (AvgIpc) is 3.43. The molecule has 0 bridgehead atoms. The second-order valence-corrected chi connectivity index (χ2v) is 11.4. The maximum atomic E-state index is 13.7. The molecule has 4 heterocycles. The van der Waals surface area contributed by atoms with Crippen LogP contribution in [0, 0.1) is 0 Å². The lowest BCUT2D eigenvalue weighted by atomic mass is 10.0. The van der Waals surface area contributed by atoms with Gasteiger partial charge >= 0.3 is 6.03 Å². The van der Waals surface area contributed by atoms with Gasteiger partial charge in [-0.15, -0.1) is 18.5 Å². The molecule has 0 radical (unpaired) electrons. The Kier molecular flexibility index (Phi) is 6.11. The lowest BCUT2D eigenvalue weighted by Gasteiger charge is -2.33. The largest absolute Gasteiger partial charge is 0.354 e. The maximum Gasteiger partial charge on any atom is 0.335 e. The topological polar surface area (TPSA) is 57.5 Å². The van der Waals surface area contributed by atoms with Gasteiger partial charge in [0.25, 0.3) is 0 Å². The Labute approximate surface area is 204 Å². The van der Waals surface area contributed by atoms with Crippen molar-refractivity contribution in [2.75, 3.05) is 28.8 Å². The van der Waals surface area contributed by atoms with Crippen LogP contribution in [0.4, 0.5) is 16.3 Å². The number of anilines is 2. The summed E-state index contributed by atoms with van der Waals surface area (Å²) in [5.74, 6) is 1.67. The maximum absolute atomic E-state index is 13.7. The number of fused-ring (bicyclic) bond motifs is 1. The zero-order valence-corrected chi connectivity index (χ0v) is 21.8. The first-order valence-electron chi connectivity index (χ1n) is 11.0. The number of aromatic nitrogens is 3. The Hall–Kier alpha value is -2.14. The molecule has 172 valence electrons. The zero-order chi connectivity index (χ0) is 23.2. The number of rotatable bonds is 3. The summed E-state index contributed by atoms with van der Waals surface area (Å²) in [7, 11) is 5.76. The quantitative estimate of drug-likeness (QED) is 0.443. The van der Waals surface area contributed by atoms with Gasteiger partial charge < -0.3 is 14.4 Å². The molecular formula is C23H28N6OP2S. The Morgan fingerprint density at radius 3 is 2.70 bits per heavy atom. The molecule has 1 fully saturated rings. The molecule has 2 aromatic heterocycles. The van der Waals surface area contributed by atoms with Crippen molar-refractivity contribution in [1.82, 2.24) is 19.4 Å². The monoisotopic (exact) mass is 498 g/mol. The number of amides is 2. The highest BCUT2D eigenvalue weighted by molar-refractivity contribution is 7.82. The van der Waals surface area contributed by atoms with Crippen LogP contribution in [0.25, 0.3) is 11.1 Å². The number of carbonyl (C=O) groups excluding carboxylic acids is 1. The van der Waals surface area contributed by atoms with Gasteiger partial charge in [-0.3, -0.25) is 0 Å². The molecule has 7 nitrogen and oxygen atoms in total. The highest BCUT2D eigenvalue weighted by Crippen LogP contribution is 2.42. The number of imidazole rings is 1. The van der Waals surface area contributed by atoms with E-state index in [-0.39, 0.29) is 11.2 Å². The molecule has 1 aromatic carbocycles. The Bertz CT molecular complexity index is 1200. The first-order valence-corrected chi connectivity index (χ1v) is 12.6. The number of urea groups is 1. The summed E-state index contributed by atoms with van der Waals surface area (Å²) < 4.78 is 3.56. The Balaban J connectivity index is 1.57. The molecule has 2 aliphatic heterocycles. The second-order valence-electron chi connectivity index (χ2n) is 9.00. The van der Waals surface area contributed by atoms with Crippen LogP contribution >= 0.6 is 31.3 Å². The molecule has 3 atom stereocenters. The SMILES string of the molecule is CC1(P)CCN(c2nccc(-c3ccccc3P)c2N(S)C(=O)N2CCn3ccnc3C2)C1. The van der Waals surface area contributed by atoms with E-state index in [9.17, 15) is 4.79 Å². The minimum Gasteiger partial charge on any atom is -0.354 e. The minimum absolute atomic E-state index is 0.114. The van der Waals surface area contributed by atoms with Crippen LogP contribution in [0.15, 0.2) is 48.9 Å². The van der Waals surface area contributed by atoms with Gasteiger partial charge in [0.05, 0.1) is 6.54 Å². The van der Waals surface area contributed by atoms with E-state index in [0.29, 0.717) is 13.1 Å². The molecule has 0 saturated carbocycles. The molecule has 1 saturated heterocycles. The van der Waals surface area contributed by atoms with Crippen molar-refractivity contribution < 1.29 is 4.79 Å². The van der Waals surface area contributed by atoms with Gasteiger partial charge in [-0.1, -0.05) is 44.0 Å². The molecule has 5 rings (SSSR count). The lowest BCUT2D eigenvalue weighted by Crippen LogP contribution is -2.44. The lowest BCUT2D eigenvalue weighted by molar-refractivity contribution is 0.193. The molecule has 0 aliphatic carbocycles. The first-order chi connectivity index (χ1) is 15.8. The highest BCUT2D eigenvalue weighted by Gasteiger charge is 2.35. The van der Waals surface area contributed by atoms with Crippen molar-refractivity contribution >= 4 is 54.1 Å². The van der Waals surface area contributed by atoms with Crippen molar-refractivity contribution in [2.45, 2.75) is 31.6 Å².